The second kappa shape index (κ2) is 5.42. The number of hydrogen-bond acceptors (Lipinski definition) is 3. The van der Waals surface area contributed by atoms with Gasteiger partial charge in [-0.3, -0.25) is 4.79 Å². The smallest absolute Gasteiger partial charge is 0.270 e. The van der Waals surface area contributed by atoms with Gasteiger partial charge in [0.1, 0.15) is 5.69 Å². The Morgan fingerprint density at radius 3 is 2.94 bits per heavy atom. The molecule has 2 unspecified atom stereocenters. The maximum absolute atomic E-state index is 12.5. The number of aliphatic hydroxyl groups is 1. The lowest BCUT2D eigenvalue weighted by Gasteiger charge is -2.37. The van der Waals surface area contributed by atoms with Crippen LogP contribution in [0.4, 0.5) is 0 Å². The summed E-state index contributed by atoms with van der Waals surface area (Å²) in [5.41, 5.74) is 0.632. The molecule has 6 heteroatoms. The fourth-order valence-corrected chi connectivity index (χ4v) is 2.62. The maximum atomic E-state index is 12.5. The van der Waals surface area contributed by atoms with Crippen LogP contribution < -0.4 is 0 Å². The Hall–Kier alpha value is -0.850. The number of hydrogen-bond donors (Lipinski definition) is 1. The van der Waals surface area contributed by atoms with Crippen LogP contribution in [0.1, 0.15) is 17.4 Å². The van der Waals surface area contributed by atoms with Gasteiger partial charge in [-0.1, -0.05) is 0 Å². The fraction of sp³-hybridized carbons (Fsp3) is 0.583. The SMILES string of the molecule is CC1COC(CO)CN1C(=O)c1cc(Br)cn1C. The third-order valence-corrected chi connectivity index (χ3v) is 3.59. The molecule has 0 aromatic carbocycles. The van der Waals surface area contributed by atoms with Gasteiger partial charge in [0.05, 0.1) is 25.4 Å². The van der Waals surface area contributed by atoms with Gasteiger partial charge in [0.15, 0.2) is 0 Å². The second-order valence-electron chi connectivity index (χ2n) is 4.60. The van der Waals surface area contributed by atoms with Gasteiger partial charge in [-0.2, -0.15) is 0 Å². The first-order valence-corrected chi connectivity index (χ1v) is 6.67. The quantitative estimate of drug-likeness (QED) is 0.886. The lowest BCUT2D eigenvalue weighted by Crippen LogP contribution is -2.52. The van der Waals surface area contributed by atoms with Crippen LogP contribution in [0.15, 0.2) is 16.7 Å². The molecular weight excluding hydrogens is 300 g/mol. The van der Waals surface area contributed by atoms with E-state index in [1.165, 1.54) is 0 Å². The number of ether oxygens (including phenoxy) is 1. The summed E-state index contributed by atoms with van der Waals surface area (Å²) in [7, 11) is 1.84. The molecule has 0 spiro atoms. The van der Waals surface area contributed by atoms with Crippen molar-refractivity contribution in [3.63, 3.8) is 0 Å². The first kappa shape index (κ1) is 13.6. The molecule has 0 saturated carbocycles. The standard InChI is InChI=1S/C12H17BrN2O3/c1-8-7-18-10(6-16)5-15(8)12(17)11-3-9(13)4-14(11)2/h3-4,8,10,16H,5-7H2,1-2H3. The summed E-state index contributed by atoms with van der Waals surface area (Å²) >= 11 is 3.36. The molecule has 1 aliphatic rings. The minimum absolute atomic E-state index is 0.0222. The van der Waals surface area contributed by atoms with E-state index in [4.69, 9.17) is 9.84 Å². The maximum Gasteiger partial charge on any atom is 0.270 e. The molecule has 1 aromatic rings. The monoisotopic (exact) mass is 316 g/mol. The van der Waals surface area contributed by atoms with Crippen LogP contribution in [0, 0.1) is 0 Å². The molecule has 0 aliphatic carbocycles. The van der Waals surface area contributed by atoms with E-state index in [2.05, 4.69) is 15.9 Å². The summed E-state index contributed by atoms with van der Waals surface area (Å²) < 4.78 is 8.11. The van der Waals surface area contributed by atoms with E-state index in [-0.39, 0.29) is 24.7 Å². The number of carbonyl (C=O) groups is 1. The molecule has 18 heavy (non-hydrogen) atoms. The average Bonchev–Trinajstić information content (AvgIpc) is 2.68. The molecule has 1 fully saturated rings. The molecule has 2 rings (SSSR count). The minimum atomic E-state index is -0.283. The lowest BCUT2D eigenvalue weighted by atomic mass is 10.2. The van der Waals surface area contributed by atoms with Gasteiger partial charge in [-0.15, -0.1) is 0 Å². The molecule has 5 nitrogen and oxygen atoms in total. The van der Waals surface area contributed by atoms with Gasteiger partial charge in [-0.25, -0.2) is 0 Å². The molecule has 1 aliphatic heterocycles. The zero-order chi connectivity index (χ0) is 13.3. The highest BCUT2D eigenvalue weighted by atomic mass is 79.9. The van der Waals surface area contributed by atoms with Crippen LogP contribution >= 0.6 is 15.9 Å². The Morgan fingerprint density at radius 2 is 2.39 bits per heavy atom. The fourth-order valence-electron chi connectivity index (χ4n) is 2.09. The van der Waals surface area contributed by atoms with Crippen molar-refractivity contribution in [3.8, 4) is 0 Å². The normalized spacial score (nSPS) is 24.3. The lowest BCUT2D eigenvalue weighted by molar-refractivity contribution is -0.0669. The van der Waals surface area contributed by atoms with Gasteiger partial charge in [0, 0.05) is 24.3 Å². The van der Waals surface area contributed by atoms with Gasteiger partial charge >= 0.3 is 0 Å². The first-order chi connectivity index (χ1) is 8.52. The van der Waals surface area contributed by atoms with E-state index in [9.17, 15) is 4.79 Å². The minimum Gasteiger partial charge on any atom is -0.394 e. The molecule has 100 valence electrons. The van der Waals surface area contributed by atoms with Crippen molar-refractivity contribution in [1.82, 2.24) is 9.47 Å². The number of aryl methyl sites for hydroxylation is 1. The molecule has 1 N–H and O–H groups in total. The summed E-state index contributed by atoms with van der Waals surface area (Å²) in [6, 6.07) is 1.83. The number of aromatic nitrogens is 1. The van der Waals surface area contributed by atoms with E-state index in [1.807, 2.05) is 20.2 Å². The van der Waals surface area contributed by atoms with Crippen molar-refractivity contribution >= 4 is 21.8 Å². The number of rotatable bonds is 2. The van der Waals surface area contributed by atoms with Crippen LogP contribution in [-0.2, 0) is 11.8 Å². The number of halogens is 1. The Labute approximate surface area is 114 Å². The van der Waals surface area contributed by atoms with E-state index in [1.54, 1.807) is 15.5 Å². The van der Waals surface area contributed by atoms with Gasteiger partial charge in [-0.05, 0) is 28.9 Å². The third kappa shape index (κ3) is 2.60. The predicted octanol–water partition coefficient (Wildman–Crippen LogP) is 1.01. The molecule has 1 amide bonds. The van der Waals surface area contributed by atoms with Crippen LogP contribution in [0.25, 0.3) is 0 Å². The van der Waals surface area contributed by atoms with Crippen molar-refractivity contribution in [3.05, 3.63) is 22.4 Å². The number of nitrogens with zero attached hydrogens (tertiary/aromatic N) is 2. The average molecular weight is 317 g/mol. The molecule has 0 radical (unpaired) electrons. The topological polar surface area (TPSA) is 54.7 Å². The highest BCUT2D eigenvalue weighted by Crippen LogP contribution is 2.19. The largest absolute Gasteiger partial charge is 0.394 e. The van der Waals surface area contributed by atoms with Crippen LogP contribution in [-0.4, -0.2) is 52.4 Å². The molecule has 0 bridgehead atoms. The zero-order valence-corrected chi connectivity index (χ0v) is 12.1. The molecule has 2 atom stereocenters. The predicted molar refractivity (Wildman–Crippen MR) is 70.4 cm³/mol. The van der Waals surface area contributed by atoms with Gasteiger partial charge < -0.3 is 19.3 Å². The van der Waals surface area contributed by atoms with E-state index in [0.717, 1.165) is 4.47 Å². The molecule has 1 aromatic heterocycles. The van der Waals surface area contributed by atoms with Crippen molar-refractivity contribution in [2.45, 2.75) is 19.1 Å². The molecule has 2 heterocycles. The number of morpholine rings is 1. The van der Waals surface area contributed by atoms with Crippen molar-refractivity contribution in [1.29, 1.82) is 0 Å². The van der Waals surface area contributed by atoms with E-state index in [0.29, 0.717) is 18.8 Å². The summed E-state index contributed by atoms with van der Waals surface area (Å²) in [6.45, 7) is 2.78. The number of carbonyl (C=O) groups excluding carboxylic acids is 1. The molecule has 1 saturated heterocycles. The zero-order valence-electron chi connectivity index (χ0n) is 10.5. The van der Waals surface area contributed by atoms with E-state index >= 15 is 0 Å². The summed E-state index contributed by atoms with van der Waals surface area (Å²) in [4.78, 5) is 14.2. The Balaban J connectivity index is 2.19. The number of aliphatic hydroxyl groups excluding tert-OH is 1. The Kier molecular flexibility index (Phi) is 4.09. The highest BCUT2D eigenvalue weighted by molar-refractivity contribution is 9.10. The van der Waals surface area contributed by atoms with E-state index < -0.39 is 0 Å². The van der Waals surface area contributed by atoms with Crippen LogP contribution in [0.2, 0.25) is 0 Å². The van der Waals surface area contributed by atoms with Gasteiger partial charge in [0.2, 0.25) is 0 Å². The third-order valence-electron chi connectivity index (χ3n) is 3.16. The van der Waals surface area contributed by atoms with Crippen molar-refractivity contribution in [2.75, 3.05) is 19.8 Å². The highest BCUT2D eigenvalue weighted by Gasteiger charge is 2.30. The Morgan fingerprint density at radius 1 is 1.67 bits per heavy atom. The summed E-state index contributed by atoms with van der Waals surface area (Å²) in [5.74, 6) is -0.0301. The summed E-state index contributed by atoms with van der Waals surface area (Å²) in [6.07, 6.45) is 1.57. The number of amides is 1. The van der Waals surface area contributed by atoms with Crippen LogP contribution in [0.5, 0.6) is 0 Å². The van der Waals surface area contributed by atoms with Crippen molar-refractivity contribution < 1.29 is 14.6 Å². The Bertz CT molecular complexity index is 447. The second-order valence-corrected chi connectivity index (χ2v) is 5.51. The first-order valence-electron chi connectivity index (χ1n) is 5.88. The molecular formula is C12H17BrN2O3. The van der Waals surface area contributed by atoms with Crippen LogP contribution in [0.3, 0.4) is 0 Å². The summed E-state index contributed by atoms with van der Waals surface area (Å²) in [5, 5.41) is 9.13. The van der Waals surface area contributed by atoms with Crippen molar-refractivity contribution in [2.24, 2.45) is 7.05 Å². The van der Waals surface area contributed by atoms with Gasteiger partial charge in [0.25, 0.3) is 5.91 Å².